The van der Waals surface area contributed by atoms with Crippen molar-refractivity contribution in [3.8, 4) is 5.69 Å². The van der Waals surface area contributed by atoms with Crippen LogP contribution in [0, 0.1) is 15.9 Å². The Labute approximate surface area is 199 Å². The quantitative estimate of drug-likeness (QED) is 0.250. The lowest BCUT2D eigenvalue weighted by atomic mass is 10.2. The molecule has 3 heterocycles. The van der Waals surface area contributed by atoms with Gasteiger partial charge in [0.25, 0.3) is 11.2 Å². The number of hydrogen-bond donors (Lipinski definition) is 1. The topological polar surface area (TPSA) is 125 Å². The van der Waals surface area contributed by atoms with Gasteiger partial charge in [0.1, 0.15) is 16.2 Å². The molecule has 34 heavy (non-hydrogen) atoms. The Kier molecular flexibility index (Phi) is 5.54. The minimum Gasteiger partial charge on any atom is -0.326 e. The van der Waals surface area contributed by atoms with E-state index in [0.717, 1.165) is 0 Å². The maximum atomic E-state index is 13.3. The molecule has 4 aromatic rings. The second-order valence-corrected chi connectivity index (χ2v) is 8.87. The molecule has 2 aromatic carbocycles. The van der Waals surface area contributed by atoms with Gasteiger partial charge in [-0.2, -0.15) is 5.10 Å². The van der Waals surface area contributed by atoms with Crippen molar-refractivity contribution >= 4 is 51.7 Å². The highest BCUT2D eigenvalue weighted by Crippen LogP contribution is 2.34. The van der Waals surface area contributed by atoms with Crippen molar-refractivity contribution in [3.63, 3.8) is 0 Å². The molecule has 1 amide bonds. The van der Waals surface area contributed by atoms with Crippen LogP contribution in [-0.2, 0) is 4.79 Å². The number of benzene rings is 2. The third-order valence-electron chi connectivity index (χ3n) is 5.29. The number of fused-ring (bicyclic) bond motifs is 2. The summed E-state index contributed by atoms with van der Waals surface area (Å²) in [6.07, 6.45) is 1.36. The summed E-state index contributed by atoms with van der Waals surface area (Å²) < 4.78 is 16.2. The van der Waals surface area contributed by atoms with E-state index in [9.17, 15) is 24.1 Å². The van der Waals surface area contributed by atoms with Crippen molar-refractivity contribution < 1.29 is 14.1 Å². The van der Waals surface area contributed by atoms with Gasteiger partial charge in [-0.15, -0.1) is 0 Å². The molecule has 0 fully saturated rings. The maximum Gasteiger partial charge on any atom is 0.289 e. The van der Waals surface area contributed by atoms with E-state index in [4.69, 9.17) is 11.6 Å². The molecule has 1 atom stereocenters. The first-order valence-electron chi connectivity index (χ1n) is 9.94. The van der Waals surface area contributed by atoms with Gasteiger partial charge in [0.15, 0.2) is 10.8 Å². The number of amides is 1. The summed E-state index contributed by atoms with van der Waals surface area (Å²) in [4.78, 5) is 40.8. The lowest BCUT2D eigenvalue weighted by Crippen LogP contribution is -2.27. The second-order valence-electron chi connectivity index (χ2n) is 7.48. The minimum absolute atomic E-state index is 0.0321. The van der Waals surface area contributed by atoms with Crippen molar-refractivity contribution in [2.75, 3.05) is 11.1 Å². The minimum atomic E-state index is -0.634. The average Bonchev–Trinajstić information content (AvgIpc) is 3.40. The summed E-state index contributed by atoms with van der Waals surface area (Å²) in [6.45, 7) is 0. The number of carbonyl (C=O) groups is 1. The highest BCUT2D eigenvalue weighted by molar-refractivity contribution is 7.99. The fourth-order valence-electron chi connectivity index (χ4n) is 3.71. The smallest absolute Gasteiger partial charge is 0.289 e. The van der Waals surface area contributed by atoms with Crippen LogP contribution in [0.5, 0.6) is 0 Å². The zero-order valence-electron chi connectivity index (χ0n) is 17.1. The molecule has 13 heteroatoms. The molecule has 172 valence electrons. The Balaban J connectivity index is 1.41. The van der Waals surface area contributed by atoms with Gasteiger partial charge in [-0.25, -0.2) is 14.1 Å². The second kappa shape index (κ2) is 8.54. The number of nitro groups is 1. The van der Waals surface area contributed by atoms with Gasteiger partial charge in [-0.3, -0.25) is 24.3 Å². The summed E-state index contributed by atoms with van der Waals surface area (Å²) >= 11 is 7.14. The fraction of sp³-hybridized carbons (Fsp3) is 0.143. The molecule has 10 nitrogen and oxygen atoms in total. The zero-order valence-corrected chi connectivity index (χ0v) is 18.7. The molecule has 1 N–H and O–H groups in total. The highest BCUT2D eigenvalue weighted by Gasteiger charge is 2.30. The van der Waals surface area contributed by atoms with Crippen LogP contribution in [0.2, 0.25) is 5.02 Å². The lowest BCUT2D eigenvalue weighted by molar-refractivity contribution is -0.384. The SMILES string of the molecule is O=C(CC1CSc2nc3c(cnn3-c3ccc(F)cc3)c(=O)n21)Nc1ccc(Cl)c([N+](=O)[O-])c1. The lowest BCUT2D eigenvalue weighted by Gasteiger charge is -2.13. The van der Waals surface area contributed by atoms with Gasteiger partial charge >= 0.3 is 0 Å². The van der Waals surface area contributed by atoms with Crippen LogP contribution in [-0.4, -0.2) is 35.9 Å². The third-order valence-corrected chi connectivity index (χ3v) is 6.71. The summed E-state index contributed by atoms with van der Waals surface area (Å²) in [7, 11) is 0. The predicted molar refractivity (Wildman–Crippen MR) is 124 cm³/mol. The molecule has 1 aliphatic rings. The van der Waals surface area contributed by atoms with E-state index in [-0.39, 0.29) is 39.6 Å². The summed E-state index contributed by atoms with van der Waals surface area (Å²) in [5.74, 6) is -0.351. The third kappa shape index (κ3) is 3.90. The van der Waals surface area contributed by atoms with Gasteiger partial charge in [0, 0.05) is 23.9 Å². The van der Waals surface area contributed by atoms with Crippen LogP contribution in [0.3, 0.4) is 0 Å². The van der Waals surface area contributed by atoms with Crippen LogP contribution in [0.25, 0.3) is 16.7 Å². The zero-order chi connectivity index (χ0) is 24.0. The number of rotatable bonds is 5. The van der Waals surface area contributed by atoms with Gasteiger partial charge < -0.3 is 5.32 Å². The number of halogens is 2. The fourth-order valence-corrected chi connectivity index (χ4v) is 5.03. The molecular weight excluding hydrogens is 487 g/mol. The first-order valence-corrected chi connectivity index (χ1v) is 11.3. The molecule has 5 rings (SSSR count). The molecule has 1 aliphatic heterocycles. The molecule has 0 aliphatic carbocycles. The van der Waals surface area contributed by atoms with Gasteiger partial charge in [0.05, 0.1) is 22.8 Å². The number of thioether (sulfide) groups is 1. The molecule has 0 saturated carbocycles. The van der Waals surface area contributed by atoms with Crippen molar-refractivity contribution in [1.29, 1.82) is 0 Å². The highest BCUT2D eigenvalue weighted by atomic mass is 35.5. The Morgan fingerprint density at radius 3 is 2.79 bits per heavy atom. The Bertz CT molecular complexity index is 1520. The van der Waals surface area contributed by atoms with Crippen LogP contribution in [0.1, 0.15) is 12.5 Å². The average molecular weight is 501 g/mol. The molecule has 0 spiro atoms. The predicted octanol–water partition coefficient (Wildman–Crippen LogP) is 3.96. The van der Waals surface area contributed by atoms with E-state index >= 15 is 0 Å². The normalized spacial score (nSPS) is 14.8. The monoisotopic (exact) mass is 500 g/mol. The standard InChI is InChI=1S/C21H14ClFN6O4S/c22-16-6-3-12(7-17(16)29(32)33)25-18(30)8-14-10-34-21-26-19-15(20(31)27(14)21)9-24-28(19)13-4-1-11(23)2-5-13/h1-7,9,14H,8,10H2,(H,25,30). The van der Waals surface area contributed by atoms with E-state index in [1.807, 2.05) is 0 Å². The first-order chi connectivity index (χ1) is 16.3. The Morgan fingerprint density at radius 2 is 2.06 bits per heavy atom. The van der Waals surface area contributed by atoms with Crippen molar-refractivity contribution in [2.45, 2.75) is 17.6 Å². The molecular formula is C21H14ClFN6O4S. The summed E-state index contributed by atoms with van der Waals surface area (Å²) in [6, 6.07) is 9.18. The molecule has 1 unspecified atom stereocenters. The number of aromatic nitrogens is 4. The Morgan fingerprint density at radius 1 is 1.29 bits per heavy atom. The maximum absolute atomic E-state index is 13.3. The summed E-state index contributed by atoms with van der Waals surface area (Å²) in [5.41, 5.74) is 0.479. The molecule has 0 bridgehead atoms. The number of nitrogens with zero attached hydrogens (tertiary/aromatic N) is 5. The molecule has 2 aromatic heterocycles. The molecule has 0 radical (unpaired) electrons. The van der Waals surface area contributed by atoms with Crippen molar-refractivity contribution in [3.05, 3.63) is 80.0 Å². The van der Waals surface area contributed by atoms with Crippen LogP contribution >= 0.6 is 23.4 Å². The molecule has 0 saturated heterocycles. The van der Waals surface area contributed by atoms with Gasteiger partial charge in [-0.1, -0.05) is 23.4 Å². The number of anilines is 1. The van der Waals surface area contributed by atoms with Crippen LogP contribution in [0.15, 0.2) is 58.6 Å². The van der Waals surface area contributed by atoms with Gasteiger partial charge in [0.2, 0.25) is 5.91 Å². The number of hydrogen-bond acceptors (Lipinski definition) is 7. The van der Waals surface area contributed by atoms with E-state index in [1.54, 1.807) is 0 Å². The van der Waals surface area contributed by atoms with Crippen molar-refractivity contribution in [2.24, 2.45) is 0 Å². The van der Waals surface area contributed by atoms with E-state index < -0.39 is 16.9 Å². The van der Waals surface area contributed by atoms with Crippen molar-refractivity contribution in [1.82, 2.24) is 19.3 Å². The number of nitro benzene ring substituents is 1. The van der Waals surface area contributed by atoms with E-state index in [0.29, 0.717) is 22.2 Å². The number of nitrogens with one attached hydrogen (secondary N) is 1. The first kappa shape index (κ1) is 22.0. The Hall–Kier alpha value is -3.77. The van der Waals surface area contributed by atoms with E-state index in [2.05, 4.69) is 15.4 Å². The van der Waals surface area contributed by atoms with E-state index in [1.165, 1.54) is 69.7 Å². The number of carbonyl (C=O) groups excluding carboxylic acids is 1. The van der Waals surface area contributed by atoms with Crippen LogP contribution in [0.4, 0.5) is 15.8 Å². The van der Waals surface area contributed by atoms with Gasteiger partial charge in [-0.05, 0) is 36.4 Å². The summed E-state index contributed by atoms with van der Waals surface area (Å²) in [5, 5.41) is 18.6. The van der Waals surface area contributed by atoms with Crippen LogP contribution < -0.4 is 10.9 Å². The largest absolute Gasteiger partial charge is 0.326 e.